The van der Waals surface area contributed by atoms with E-state index < -0.39 is 0 Å². The number of nitrogens with zero attached hydrogens (tertiary/aromatic N) is 1. The van der Waals surface area contributed by atoms with Crippen molar-refractivity contribution < 1.29 is 4.79 Å². The third-order valence-corrected chi connectivity index (χ3v) is 1.12. The Labute approximate surface area is 79.4 Å². The van der Waals surface area contributed by atoms with E-state index in [0.29, 0.717) is 12.5 Å². The molecular formula is C11H15NO. The molecule has 0 unspecified atom stereocenters. The summed E-state index contributed by atoms with van der Waals surface area (Å²) in [5.41, 5.74) is 2.90. The normalized spacial score (nSPS) is 10.7. The van der Waals surface area contributed by atoms with Crippen LogP contribution >= 0.6 is 0 Å². The van der Waals surface area contributed by atoms with E-state index in [1.54, 1.807) is 30.5 Å². The molecule has 13 heavy (non-hydrogen) atoms. The van der Waals surface area contributed by atoms with E-state index in [2.05, 4.69) is 10.7 Å². The number of aliphatic imine (C=N–C) groups is 1. The van der Waals surface area contributed by atoms with E-state index in [1.165, 1.54) is 0 Å². The highest BCUT2D eigenvalue weighted by Crippen LogP contribution is 1.82. The summed E-state index contributed by atoms with van der Waals surface area (Å²) in [7, 11) is 0. The summed E-state index contributed by atoms with van der Waals surface area (Å²) in [4.78, 5) is 14.0. The highest BCUT2D eigenvalue weighted by atomic mass is 16.1. The Kier molecular flexibility index (Phi) is 7.76. The van der Waals surface area contributed by atoms with Gasteiger partial charge in [-0.15, -0.1) is 5.73 Å². The lowest BCUT2D eigenvalue weighted by Crippen LogP contribution is -1.86. The fourth-order valence-electron chi connectivity index (χ4n) is 0.571. The number of rotatable bonds is 5. The third kappa shape index (κ3) is 10.6. The number of hydrogen-bond donors (Lipinski definition) is 0. The fourth-order valence-corrected chi connectivity index (χ4v) is 0.571. The van der Waals surface area contributed by atoms with Crippen LogP contribution in [0.5, 0.6) is 0 Å². The molecule has 0 saturated heterocycles. The van der Waals surface area contributed by atoms with E-state index in [9.17, 15) is 4.79 Å². The zero-order chi connectivity index (χ0) is 9.94. The number of hydrogen-bond acceptors (Lipinski definition) is 2. The van der Waals surface area contributed by atoms with E-state index in [-0.39, 0.29) is 0 Å². The van der Waals surface area contributed by atoms with Gasteiger partial charge in [-0.25, -0.2) is 0 Å². The lowest BCUT2D eigenvalue weighted by atomic mass is 10.4. The summed E-state index contributed by atoms with van der Waals surface area (Å²) in [6.45, 7) is 4.02. The van der Waals surface area contributed by atoms with Gasteiger partial charge >= 0.3 is 0 Å². The molecule has 0 bridgehead atoms. The second-order valence-electron chi connectivity index (χ2n) is 2.72. The van der Waals surface area contributed by atoms with Crippen molar-refractivity contribution >= 4 is 12.5 Å². The van der Waals surface area contributed by atoms with Gasteiger partial charge in [0.1, 0.15) is 6.29 Å². The van der Waals surface area contributed by atoms with Crippen molar-refractivity contribution in [2.75, 3.05) is 0 Å². The topological polar surface area (TPSA) is 29.4 Å². The van der Waals surface area contributed by atoms with Gasteiger partial charge in [0, 0.05) is 18.7 Å². The van der Waals surface area contributed by atoms with Crippen LogP contribution in [-0.2, 0) is 4.79 Å². The van der Waals surface area contributed by atoms with Crippen LogP contribution < -0.4 is 0 Å². The maximum atomic E-state index is 9.90. The molecule has 2 heteroatoms. The standard InChI is InChI=1S/C11H15NO/c1-11(2)12-9-7-5-3-4-6-8-10-13/h3-4,6-7,9-11H,8H2,1-2H3. The summed E-state index contributed by atoms with van der Waals surface area (Å²) in [6.07, 6.45) is 10.1. The van der Waals surface area contributed by atoms with Crippen LogP contribution in [-0.4, -0.2) is 18.5 Å². The second kappa shape index (κ2) is 8.69. The lowest BCUT2D eigenvalue weighted by Gasteiger charge is -1.88. The number of allylic oxidation sites excluding steroid dienone is 3. The molecule has 0 aromatic heterocycles. The quantitative estimate of drug-likeness (QED) is 0.274. The Morgan fingerprint density at radius 3 is 2.77 bits per heavy atom. The van der Waals surface area contributed by atoms with Crippen LogP contribution in [0, 0.1) is 0 Å². The van der Waals surface area contributed by atoms with Crippen LogP contribution in [0.4, 0.5) is 0 Å². The van der Waals surface area contributed by atoms with Crippen LogP contribution in [0.3, 0.4) is 0 Å². The van der Waals surface area contributed by atoms with Crippen LogP contribution in [0.2, 0.25) is 0 Å². The summed E-state index contributed by atoms with van der Waals surface area (Å²) in [5.74, 6) is 0. The van der Waals surface area contributed by atoms with Gasteiger partial charge in [0.05, 0.1) is 0 Å². The highest BCUT2D eigenvalue weighted by Gasteiger charge is 1.78. The molecule has 0 aliphatic rings. The van der Waals surface area contributed by atoms with Crippen LogP contribution in [0.15, 0.2) is 35.0 Å². The summed E-state index contributed by atoms with van der Waals surface area (Å²) < 4.78 is 0. The molecule has 70 valence electrons. The van der Waals surface area contributed by atoms with Gasteiger partial charge in [-0.05, 0) is 26.0 Å². The average molecular weight is 177 g/mol. The molecule has 0 fully saturated rings. The first-order valence-corrected chi connectivity index (χ1v) is 4.30. The van der Waals surface area contributed by atoms with Crippen LogP contribution in [0.1, 0.15) is 20.3 Å². The molecular weight excluding hydrogens is 162 g/mol. The van der Waals surface area contributed by atoms with E-state index in [0.717, 1.165) is 6.29 Å². The zero-order valence-corrected chi connectivity index (χ0v) is 8.10. The smallest absolute Gasteiger partial charge is 0.123 e. The van der Waals surface area contributed by atoms with Gasteiger partial charge in [-0.3, -0.25) is 4.99 Å². The molecule has 0 N–H and O–H groups in total. The molecule has 0 aromatic carbocycles. The van der Waals surface area contributed by atoms with E-state index in [1.807, 2.05) is 13.8 Å². The maximum Gasteiger partial charge on any atom is 0.123 e. The largest absolute Gasteiger partial charge is 0.303 e. The average Bonchev–Trinajstić information content (AvgIpc) is 2.09. The number of carbonyl (C=O) groups excluding carboxylic acids is 1. The lowest BCUT2D eigenvalue weighted by molar-refractivity contribution is -0.107. The van der Waals surface area contributed by atoms with Crippen molar-refractivity contribution in [1.82, 2.24) is 0 Å². The van der Waals surface area contributed by atoms with Crippen molar-refractivity contribution in [2.24, 2.45) is 4.99 Å². The molecule has 0 heterocycles. The Balaban J connectivity index is 3.76. The fraction of sp³-hybridized carbons (Fsp3) is 0.364. The minimum absolute atomic E-state index is 0.323. The molecule has 0 amide bonds. The first-order valence-electron chi connectivity index (χ1n) is 4.30. The van der Waals surface area contributed by atoms with Crippen LogP contribution in [0.25, 0.3) is 0 Å². The van der Waals surface area contributed by atoms with Crippen molar-refractivity contribution in [2.45, 2.75) is 26.3 Å². The molecule has 0 radical (unpaired) electrons. The third-order valence-electron chi connectivity index (χ3n) is 1.12. The van der Waals surface area contributed by atoms with Gasteiger partial charge in [-0.1, -0.05) is 12.2 Å². The zero-order valence-electron chi connectivity index (χ0n) is 8.10. The van der Waals surface area contributed by atoms with Crippen molar-refractivity contribution in [3.05, 3.63) is 30.0 Å². The Morgan fingerprint density at radius 2 is 2.15 bits per heavy atom. The molecule has 0 saturated carbocycles. The van der Waals surface area contributed by atoms with Crippen molar-refractivity contribution in [3.8, 4) is 0 Å². The van der Waals surface area contributed by atoms with E-state index >= 15 is 0 Å². The molecule has 2 nitrogen and oxygen atoms in total. The Hall–Kier alpha value is -1.40. The minimum Gasteiger partial charge on any atom is -0.303 e. The SMILES string of the molecule is CC(C)N=CC=C=CC=CCC=O. The predicted octanol–water partition coefficient (Wildman–Crippen LogP) is 2.32. The van der Waals surface area contributed by atoms with Gasteiger partial charge in [0.15, 0.2) is 0 Å². The Bertz CT molecular complexity index is 243. The summed E-state index contributed by atoms with van der Waals surface area (Å²) in [5, 5.41) is 0. The number of aldehydes is 1. The van der Waals surface area contributed by atoms with Crippen molar-refractivity contribution in [1.29, 1.82) is 0 Å². The van der Waals surface area contributed by atoms with Gasteiger partial charge in [0.2, 0.25) is 0 Å². The second-order valence-corrected chi connectivity index (χ2v) is 2.72. The van der Waals surface area contributed by atoms with Gasteiger partial charge in [0.25, 0.3) is 0 Å². The molecule has 0 atom stereocenters. The maximum absolute atomic E-state index is 9.90. The molecule has 0 rings (SSSR count). The Morgan fingerprint density at radius 1 is 1.38 bits per heavy atom. The predicted molar refractivity (Wildman–Crippen MR) is 56.1 cm³/mol. The van der Waals surface area contributed by atoms with Crippen molar-refractivity contribution in [3.63, 3.8) is 0 Å². The highest BCUT2D eigenvalue weighted by molar-refractivity contribution is 5.70. The number of carbonyl (C=O) groups is 1. The first kappa shape index (κ1) is 11.6. The minimum atomic E-state index is 0.323. The molecule has 0 aliphatic heterocycles. The molecule has 0 aliphatic carbocycles. The molecule has 0 spiro atoms. The van der Waals surface area contributed by atoms with E-state index in [4.69, 9.17) is 0 Å². The monoisotopic (exact) mass is 177 g/mol. The van der Waals surface area contributed by atoms with Gasteiger partial charge < -0.3 is 4.79 Å². The van der Waals surface area contributed by atoms with Gasteiger partial charge in [-0.2, -0.15) is 0 Å². The first-order chi connectivity index (χ1) is 6.27. The molecule has 0 aromatic rings. The summed E-state index contributed by atoms with van der Waals surface area (Å²) in [6, 6.07) is 0.323. The summed E-state index contributed by atoms with van der Waals surface area (Å²) >= 11 is 0.